The fourth-order valence-electron chi connectivity index (χ4n) is 2.98. The Bertz CT molecular complexity index is 962. The third-order valence-electron chi connectivity index (χ3n) is 4.87. The number of aliphatic imine (C=N–C) groups is 1. The Hall–Kier alpha value is -2.99. The minimum atomic E-state index is -3.76. The Morgan fingerprint density at radius 2 is 1.94 bits per heavy atom. The van der Waals surface area contributed by atoms with Crippen molar-refractivity contribution < 1.29 is 27.9 Å². The van der Waals surface area contributed by atoms with Crippen molar-refractivity contribution in [2.75, 3.05) is 25.4 Å². The predicted molar refractivity (Wildman–Crippen MR) is 123 cm³/mol. The zero-order valence-corrected chi connectivity index (χ0v) is 19.4. The van der Waals surface area contributed by atoms with Crippen LogP contribution in [0.1, 0.15) is 48.5 Å². The lowest BCUT2D eigenvalue weighted by atomic mass is 10.1. The molecule has 1 heterocycles. The Balaban J connectivity index is 1.82. The van der Waals surface area contributed by atoms with Crippen molar-refractivity contribution in [2.24, 2.45) is 4.99 Å². The molecule has 33 heavy (non-hydrogen) atoms. The lowest BCUT2D eigenvalue weighted by Gasteiger charge is -2.15. The highest BCUT2D eigenvalue weighted by Gasteiger charge is 2.24. The molecule has 1 aliphatic rings. The van der Waals surface area contributed by atoms with E-state index >= 15 is 0 Å². The maximum Gasteiger partial charge on any atom is 0.323 e. The van der Waals surface area contributed by atoms with Gasteiger partial charge in [0.1, 0.15) is 6.04 Å². The number of carbonyl (C=O) groups is 3. The van der Waals surface area contributed by atoms with E-state index in [9.17, 15) is 27.9 Å². The number of amides is 2. The standard InChI is InChI=1S/C21H31N5O6S/c1-2-3-13-33(31,32)26-17(20(29)30)14-24-19(28)16-8-5-15(6-9-16)7-10-18(27)25-21-22-11-4-12-23-21/h5-6,8-9,17,26H,2-4,7,10-14H2,1H3,(H,24,28)(H,29,30)(H2,22,23,25,27). The van der Waals surface area contributed by atoms with E-state index in [1.807, 2.05) is 6.92 Å². The summed E-state index contributed by atoms with van der Waals surface area (Å²) in [7, 11) is -3.76. The number of carboxylic acid groups (broad SMARTS) is 1. The van der Waals surface area contributed by atoms with Crippen LogP contribution in [0.3, 0.4) is 0 Å². The van der Waals surface area contributed by atoms with Crippen molar-refractivity contribution >= 4 is 33.8 Å². The van der Waals surface area contributed by atoms with Gasteiger partial charge in [0.15, 0.2) is 5.96 Å². The number of carboxylic acids is 1. The first kappa shape index (κ1) is 26.3. The van der Waals surface area contributed by atoms with Crippen molar-refractivity contribution in [1.82, 2.24) is 20.7 Å². The minimum Gasteiger partial charge on any atom is -0.480 e. The zero-order valence-electron chi connectivity index (χ0n) is 18.6. The summed E-state index contributed by atoms with van der Waals surface area (Å²) >= 11 is 0. The molecule has 2 amide bonds. The Morgan fingerprint density at radius 3 is 2.55 bits per heavy atom. The molecule has 2 rings (SSSR count). The van der Waals surface area contributed by atoms with Gasteiger partial charge < -0.3 is 15.7 Å². The summed E-state index contributed by atoms with van der Waals surface area (Å²) < 4.78 is 26.0. The van der Waals surface area contributed by atoms with Crippen LogP contribution in [0.15, 0.2) is 29.3 Å². The number of aryl methyl sites for hydroxylation is 1. The first-order valence-corrected chi connectivity index (χ1v) is 12.5. The van der Waals surface area contributed by atoms with Crippen molar-refractivity contribution in [3.63, 3.8) is 0 Å². The molecule has 0 aromatic heterocycles. The van der Waals surface area contributed by atoms with Gasteiger partial charge in [-0.2, -0.15) is 4.72 Å². The maximum absolute atomic E-state index is 12.3. The minimum absolute atomic E-state index is 0.161. The van der Waals surface area contributed by atoms with Crippen LogP contribution in [-0.2, 0) is 26.0 Å². The van der Waals surface area contributed by atoms with Crippen LogP contribution in [-0.4, -0.2) is 68.7 Å². The molecule has 0 radical (unpaired) electrons. The number of hydrogen-bond acceptors (Lipinski definition) is 7. The lowest BCUT2D eigenvalue weighted by molar-refractivity contribution is -0.138. The zero-order chi connectivity index (χ0) is 24.3. The molecular weight excluding hydrogens is 450 g/mol. The number of hydrogen-bond donors (Lipinski definition) is 5. The molecule has 1 atom stereocenters. The molecule has 1 aromatic carbocycles. The van der Waals surface area contributed by atoms with Crippen LogP contribution in [0.4, 0.5) is 0 Å². The summed E-state index contributed by atoms with van der Waals surface area (Å²) in [5.74, 6) is -1.75. The summed E-state index contributed by atoms with van der Waals surface area (Å²) in [5.41, 5.74) is 1.15. The highest BCUT2D eigenvalue weighted by atomic mass is 32.2. The second-order valence-corrected chi connectivity index (χ2v) is 9.52. The van der Waals surface area contributed by atoms with Crippen LogP contribution >= 0.6 is 0 Å². The molecule has 0 bridgehead atoms. The molecule has 0 spiro atoms. The summed E-state index contributed by atoms with van der Waals surface area (Å²) in [6.07, 6.45) is 2.73. The van der Waals surface area contributed by atoms with Crippen LogP contribution in [0.5, 0.6) is 0 Å². The number of aliphatic carboxylic acids is 1. The second kappa shape index (κ2) is 12.9. The topological polar surface area (TPSA) is 166 Å². The average Bonchev–Trinajstić information content (AvgIpc) is 2.79. The molecule has 5 N–H and O–H groups in total. The number of unbranched alkanes of at least 4 members (excludes halogenated alkanes) is 1. The summed E-state index contributed by atoms with van der Waals surface area (Å²) in [5, 5.41) is 17.4. The van der Waals surface area contributed by atoms with Gasteiger partial charge in [0.2, 0.25) is 15.9 Å². The summed E-state index contributed by atoms with van der Waals surface area (Å²) in [6.45, 7) is 2.90. The molecule has 1 unspecified atom stereocenters. The Kier molecular flexibility index (Phi) is 10.3. The summed E-state index contributed by atoms with van der Waals surface area (Å²) in [6, 6.07) is 5.09. The lowest BCUT2D eigenvalue weighted by Crippen LogP contribution is -2.48. The molecule has 0 saturated carbocycles. The number of sulfonamides is 1. The maximum atomic E-state index is 12.3. The third-order valence-corrected chi connectivity index (χ3v) is 6.33. The van der Waals surface area contributed by atoms with Crippen molar-refractivity contribution in [1.29, 1.82) is 0 Å². The number of guanidine groups is 1. The van der Waals surface area contributed by atoms with Gasteiger partial charge in [-0.15, -0.1) is 0 Å². The van der Waals surface area contributed by atoms with Gasteiger partial charge in [-0.1, -0.05) is 25.5 Å². The fraction of sp³-hybridized carbons (Fsp3) is 0.524. The van der Waals surface area contributed by atoms with Crippen molar-refractivity contribution in [3.05, 3.63) is 35.4 Å². The second-order valence-electron chi connectivity index (χ2n) is 7.65. The molecule has 182 valence electrons. The monoisotopic (exact) mass is 481 g/mol. The largest absolute Gasteiger partial charge is 0.480 e. The molecule has 0 fully saturated rings. The smallest absolute Gasteiger partial charge is 0.323 e. The number of rotatable bonds is 12. The Labute approximate surface area is 193 Å². The van der Waals surface area contributed by atoms with Gasteiger partial charge in [-0.25, -0.2) is 8.42 Å². The van der Waals surface area contributed by atoms with Crippen LogP contribution in [0.2, 0.25) is 0 Å². The Morgan fingerprint density at radius 1 is 1.21 bits per heavy atom. The average molecular weight is 482 g/mol. The molecule has 0 saturated heterocycles. The number of benzene rings is 1. The van der Waals surface area contributed by atoms with Gasteiger partial charge in [0.05, 0.1) is 5.75 Å². The van der Waals surface area contributed by atoms with Crippen LogP contribution < -0.4 is 20.7 Å². The molecule has 1 aromatic rings. The first-order valence-electron chi connectivity index (χ1n) is 10.9. The van der Waals surface area contributed by atoms with Crippen LogP contribution in [0.25, 0.3) is 0 Å². The van der Waals surface area contributed by atoms with Gasteiger partial charge in [-0.3, -0.25) is 24.7 Å². The van der Waals surface area contributed by atoms with E-state index < -0.39 is 27.9 Å². The SMILES string of the molecule is CCCCS(=O)(=O)NC(CNC(=O)c1ccc(CCC(=O)NC2=NCCCN2)cc1)C(=O)O. The van der Waals surface area contributed by atoms with Crippen molar-refractivity contribution in [3.8, 4) is 0 Å². The fourth-order valence-corrected chi connectivity index (χ4v) is 4.38. The number of carbonyl (C=O) groups excluding carboxylic acids is 2. The van der Waals surface area contributed by atoms with Gasteiger partial charge >= 0.3 is 5.97 Å². The van der Waals surface area contributed by atoms with E-state index in [-0.39, 0.29) is 24.6 Å². The predicted octanol–water partition coefficient (Wildman–Crippen LogP) is -0.0128. The number of nitrogens with one attached hydrogen (secondary N) is 4. The van der Waals surface area contributed by atoms with E-state index in [1.165, 1.54) is 0 Å². The quantitative estimate of drug-likeness (QED) is 0.280. The van der Waals surface area contributed by atoms with E-state index in [0.717, 1.165) is 18.5 Å². The van der Waals surface area contributed by atoms with Crippen LogP contribution in [0, 0.1) is 0 Å². The highest BCUT2D eigenvalue weighted by molar-refractivity contribution is 7.89. The molecular formula is C21H31N5O6S. The molecule has 1 aliphatic heterocycles. The number of nitrogens with zero attached hydrogens (tertiary/aromatic N) is 1. The molecule has 12 heteroatoms. The van der Waals surface area contributed by atoms with E-state index in [4.69, 9.17) is 0 Å². The summed E-state index contributed by atoms with van der Waals surface area (Å²) in [4.78, 5) is 39.9. The van der Waals surface area contributed by atoms with Gasteiger partial charge in [-0.05, 0) is 37.0 Å². The third kappa shape index (κ3) is 9.58. The van der Waals surface area contributed by atoms with E-state index in [1.54, 1.807) is 24.3 Å². The van der Waals surface area contributed by atoms with E-state index in [2.05, 4.69) is 25.7 Å². The van der Waals surface area contributed by atoms with E-state index in [0.29, 0.717) is 37.3 Å². The molecule has 0 aliphatic carbocycles. The van der Waals surface area contributed by atoms with Crippen molar-refractivity contribution in [2.45, 2.75) is 45.1 Å². The normalized spacial score (nSPS) is 14.5. The molecule has 11 nitrogen and oxygen atoms in total. The van der Waals surface area contributed by atoms with Gasteiger partial charge in [0, 0.05) is 31.6 Å². The van der Waals surface area contributed by atoms with Gasteiger partial charge in [0.25, 0.3) is 5.91 Å². The first-order chi connectivity index (χ1) is 15.7. The highest BCUT2D eigenvalue weighted by Crippen LogP contribution is 2.07.